The van der Waals surface area contributed by atoms with Gasteiger partial charge >= 0.3 is 0 Å². The van der Waals surface area contributed by atoms with E-state index in [1.807, 2.05) is 60.7 Å². The maximum absolute atomic E-state index is 6.58. The summed E-state index contributed by atoms with van der Waals surface area (Å²) >= 11 is 0. The number of hydrogen-bond donors (Lipinski definition) is 4. The summed E-state index contributed by atoms with van der Waals surface area (Å²) in [7, 11) is 3.32. The third-order valence-electron chi connectivity index (χ3n) is 9.14. The lowest BCUT2D eigenvalue weighted by Gasteiger charge is -2.24. The van der Waals surface area contributed by atoms with Crippen molar-refractivity contribution < 1.29 is 9.47 Å². The molecule has 0 bridgehead atoms. The fourth-order valence-electron chi connectivity index (χ4n) is 6.54. The first-order valence-electron chi connectivity index (χ1n) is 16.0. The van der Waals surface area contributed by atoms with Crippen LogP contribution in [-0.2, 0) is 0 Å². The fourth-order valence-corrected chi connectivity index (χ4v) is 6.54. The van der Waals surface area contributed by atoms with E-state index >= 15 is 0 Å². The number of benzene rings is 6. The van der Waals surface area contributed by atoms with Crippen LogP contribution in [0.5, 0.6) is 11.5 Å². The van der Waals surface area contributed by atoms with Gasteiger partial charge in [-0.15, -0.1) is 0 Å². The fraction of sp³-hybridized carbons (Fsp3) is 0.143. The average molecular weight is 635 g/mol. The molecular formula is C42H42N4O2. The number of methoxy groups -OCH3 is 2. The van der Waals surface area contributed by atoms with Crippen LogP contribution >= 0.6 is 0 Å². The molecule has 0 aliphatic rings. The Hall–Kier alpha value is -5.88. The first kappa shape index (κ1) is 32.1. The van der Waals surface area contributed by atoms with Gasteiger partial charge in [-0.25, -0.2) is 0 Å². The number of nitrogens with two attached hydrogens (primary N) is 4. The monoisotopic (exact) mass is 634 g/mol. The maximum Gasteiger partial charge on any atom is 0.119 e. The lowest BCUT2D eigenvalue weighted by atomic mass is 9.81. The van der Waals surface area contributed by atoms with E-state index in [1.54, 1.807) is 14.2 Å². The van der Waals surface area contributed by atoms with Crippen molar-refractivity contribution in [3.8, 4) is 22.6 Å². The van der Waals surface area contributed by atoms with Gasteiger partial charge in [-0.1, -0.05) is 83.9 Å². The van der Waals surface area contributed by atoms with Crippen LogP contribution in [0.2, 0.25) is 0 Å². The normalized spacial score (nSPS) is 12.3. The molecule has 0 aromatic heterocycles. The van der Waals surface area contributed by atoms with E-state index in [1.165, 1.54) is 0 Å². The first-order chi connectivity index (χ1) is 23.2. The van der Waals surface area contributed by atoms with Crippen LogP contribution in [0.15, 0.2) is 121 Å². The Morgan fingerprint density at radius 1 is 0.396 bits per heavy atom. The average Bonchev–Trinajstić information content (AvgIpc) is 3.10. The minimum absolute atomic E-state index is 0.176. The zero-order valence-electron chi connectivity index (χ0n) is 27.8. The lowest BCUT2D eigenvalue weighted by Crippen LogP contribution is -2.10. The van der Waals surface area contributed by atoms with Crippen LogP contribution in [0.1, 0.15) is 56.3 Å². The second kappa shape index (κ2) is 13.5. The van der Waals surface area contributed by atoms with E-state index in [-0.39, 0.29) is 11.8 Å². The molecule has 2 atom stereocenters. The van der Waals surface area contributed by atoms with Gasteiger partial charge in [0.1, 0.15) is 11.5 Å². The molecule has 6 rings (SSSR count). The molecule has 0 aliphatic heterocycles. The quantitative estimate of drug-likeness (QED) is 0.0932. The predicted molar refractivity (Wildman–Crippen MR) is 200 cm³/mol. The summed E-state index contributed by atoms with van der Waals surface area (Å²) in [5, 5.41) is 0. The zero-order valence-corrected chi connectivity index (χ0v) is 27.8. The van der Waals surface area contributed by atoms with Gasteiger partial charge in [0.2, 0.25) is 0 Å². The summed E-state index contributed by atoms with van der Waals surface area (Å²) < 4.78 is 11.1. The van der Waals surface area contributed by atoms with E-state index in [4.69, 9.17) is 32.4 Å². The second-order valence-electron chi connectivity index (χ2n) is 12.4. The molecule has 6 aromatic rings. The van der Waals surface area contributed by atoms with Crippen molar-refractivity contribution >= 4 is 22.7 Å². The van der Waals surface area contributed by atoms with Gasteiger partial charge in [0, 0.05) is 34.6 Å². The van der Waals surface area contributed by atoms with Crippen LogP contribution in [0.4, 0.5) is 22.7 Å². The van der Waals surface area contributed by atoms with Crippen LogP contribution < -0.4 is 32.4 Å². The Morgan fingerprint density at radius 2 is 0.708 bits per heavy atom. The first-order valence-corrected chi connectivity index (χ1v) is 16.0. The minimum Gasteiger partial charge on any atom is -0.497 e. The zero-order chi connectivity index (χ0) is 33.9. The molecule has 48 heavy (non-hydrogen) atoms. The molecule has 242 valence electrons. The van der Waals surface area contributed by atoms with Gasteiger partial charge in [0.25, 0.3) is 0 Å². The highest BCUT2D eigenvalue weighted by molar-refractivity contribution is 5.69. The SMILES string of the molecule is COc1ccc(N)c(C(c2ccc(-c3ccc(C(c4cc(C)ccc4N)c4cc(OC)ccc4N)cc3)cc2)c2cc(C)ccc2N)c1. The summed E-state index contributed by atoms with van der Waals surface area (Å²) in [5.74, 6) is 1.14. The Kier molecular flexibility index (Phi) is 9.00. The van der Waals surface area contributed by atoms with E-state index in [0.29, 0.717) is 22.7 Å². The molecule has 0 saturated carbocycles. The smallest absolute Gasteiger partial charge is 0.119 e. The van der Waals surface area contributed by atoms with Gasteiger partial charge < -0.3 is 32.4 Å². The standard InChI is InChI=1S/C42H42N4O2/c1-25-5-17-37(43)33(21-25)41(35-23-31(47-3)15-19-39(35)45)29-11-7-27(8-12-29)28-9-13-30(14-10-28)42(34-22-26(2)6-18-38(34)44)36-24-32(48-4)16-20-40(36)46/h5-24,41-42H,43-46H2,1-4H3. The van der Waals surface area contributed by atoms with Crippen molar-refractivity contribution in [1.82, 2.24) is 0 Å². The molecule has 8 N–H and O–H groups in total. The van der Waals surface area contributed by atoms with Gasteiger partial charge in [-0.2, -0.15) is 0 Å². The van der Waals surface area contributed by atoms with Gasteiger partial charge in [-0.3, -0.25) is 0 Å². The van der Waals surface area contributed by atoms with Crippen molar-refractivity contribution in [3.05, 3.63) is 166 Å². The van der Waals surface area contributed by atoms with E-state index in [0.717, 1.165) is 67.1 Å². The summed E-state index contributed by atoms with van der Waals surface area (Å²) in [6.07, 6.45) is 0. The highest BCUT2D eigenvalue weighted by atomic mass is 16.5. The van der Waals surface area contributed by atoms with Crippen LogP contribution in [-0.4, -0.2) is 14.2 Å². The molecule has 0 amide bonds. The van der Waals surface area contributed by atoms with E-state index in [2.05, 4.69) is 74.5 Å². The molecule has 0 spiro atoms. The van der Waals surface area contributed by atoms with Crippen molar-refractivity contribution in [1.29, 1.82) is 0 Å². The lowest BCUT2D eigenvalue weighted by molar-refractivity contribution is 0.414. The van der Waals surface area contributed by atoms with Crippen LogP contribution in [0.3, 0.4) is 0 Å². The van der Waals surface area contributed by atoms with Crippen LogP contribution in [0.25, 0.3) is 11.1 Å². The number of anilines is 4. The molecule has 0 fully saturated rings. The maximum atomic E-state index is 6.58. The Morgan fingerprint density at radius 3 is 1.04 bits per heavy atom. The van der Waals surface area contributed by atoms with Gasteiger partial charge in [0.15, 0.2) is 0 Å². The number of rotatable bonds is 9. The number of aryl methyl sites for hydroxylation is 2. The van der Waals surface area contributed by atoms with E-state index in [9.17, 15) is 0 Å². The van der Waals surface area contributed by atoms with Crippen molar-refractivity contribution in [2.45, 2.75) is 25.7 Å². The van der Waals surface area contributed by atoms with Crippen LogP contribution in [0, 0.1) is 13.8 Å². The molecule has 0 saturated heterocycles. The largest absolute Gasteiger partial charge is 0.497 e. The third kappa shape index (κ3) is 6.38. The van der Waals surface area contributed by atoms with Gasteiger partial charge in [-0.05, 0) is 107 Å². The molecule has 6 heteroatoms. The number of ether oxygens (including phenoxy) is 2. The molecular weight excluding hydrogens is 592 g/mol. The molecule has 2 unspecified atom stereocenters. The molecule has 6 nitrogen and oxygen atoms in total. The van der Waals surface area contributed by atoms with Crippen molar-refractivity contribution in [2.24, 2.45) is 0 Å². The molecule has 0 heterocycles. The molecule has 0 aliphatic carbocycles. The Labute approximate surface area is 282 Å². The summed E-state index contributed by atoms with van der Waals surface area (Å²) in [6, 6.07) is 41.0. The van der Waals surface area contributed by atoms with Gasteiger partial charge in [0.05, 0.1) is 14.2 Å². The summed E-state index contributed by atoms with van der Waals surface area (Å²) in [5.41, 5.74) is 39.6. The summed E-state index contributed by atoms with van der Waals surface area (Å²) in [6.45, 7) is 4.14. The van der Waals surface area contributed by atoms with Crippen molar-refractivity contribution in [3.63, 3.8) is 0 Å². The van der Waals surface area contributed by atoms with Crippen molar-refractivity contribution in [2.75, 3.05) is 37.2 Å². The highest BCUT2D eigenvalue weighted by Crippen LogP contribution is 2.42. The Bertz CT molecular complexity index is 1920. The van der Waals surface area contributed by atoms with E-state index < -0.39 is 0 Å². The summed E-state index contributed by atoms with van der Waals surface area (Å²) in [4.78, 5) is 0. The Balaban J connectivity index is 1.39. The highest BCUT2D eigenvalue weighted by Gasteiger charge is 2.24. The topological polar surface area (TPSA) is 123 Å². The number of nitrogen functional groups attached to an aromatic ring is 4. The third-order valence-corrected chi connectivity index (χ3v) is 9.14. The molecule has 0 radical (unpaired) electrons. The minimum atomic E-state index is -0.176. The second-order valence-corrected chi connectivity index (χ2v) is 12.4. The number of hydrogen-bond acceptors (Lipinski definition) is 6. The molecule has 6 aromatic carbocycles. The predicted octanol–water partition coefficient (Wildman–Crippen LogP) is 8.68.